The van der Waals surface area contributed by atoms with E-state index in [-0.39, 0.29) is 21.9 Å². The van der Waals surface area contributed by atoms with E-state index in [1.807, 2.05) is 0 Å². The molecular weight excluding hydrogens is 505 g/mol. The van der Waals surface area contributed by atoms with Gasteiger partial charge in [-0.2, -0.15) is 0 Å². The largest absolute Gasteiger partial charge is 0.312 e. The summed E-state index contributed by atoms with van der Waals surface area (Å²) in [4.78, 5) is 29.7. The number of benzene rings is 2. The molecule has 7 nitrogen and oxygen atoms in total. The topological polar surface area (TPSA) is 86.8 Å². The first kappa shape index (κ1) is 29.8. The van der Waals surface area contributed by atoms with Gasteiger partial charge in [-0.3, -0.25) is 14.5 Å². The van der Waals surface area contributed by atoms with Crippen LogP contribution in [0.3, 0.4) is 0 Å². The van der Waals surface area contributed by atoms with Crippen LogP contribution < -0.4 is 9.62 Å². The van der Waals surface area contributed by atoms with Crippen molar-refractivity contribution >= 4 is 27.5 Å². The number of fused-ring (bicyclic) bond motifs is 1. The average Bonchev–Trinajstić information content (AvgIpc) is 2.82. The summed E-state index contributed by atoms with van der Waals surface area (Å²) >= 11 is 0. The van der Waals surface area contributed by atoms with Crippen LogP contribution in [-0.2, 0) is 21.4 Å². The van der Waals surface area contributed by atoms with Gasteiger partial charge in [0.05, 0.1) is 4.90 Å². The smallest absolute Gasteiger partial charge is 0.265 e. The standard InChI is InChI=1S/C29H40FN3O4S/c1-21(2)14-17-32-15-8-6-5-7-9-16-33(23(4)34)27-12-10-24(19-25(27)20-32)29(35)31-38(36,37)28-13-11-26(30)18-22(28)3/h10-13,18-19,21H,5-9,14-17,20H2,1-4H3,(H,31,35). The molecule has 208 valence electrons. The number of sulfonamides is 1. The van der Waals surface area contributed by atoms with Crippen molar-refractivity contribution in [2.45, 2.75) is 77.7 Å². The van der Waals surface area contributed by atoms with Crippen LogP contribution in [0.5, 0.6) is 0 Å². The number of anilines is 1. The van der Waals surface area contributed by atoms with E-state index in [1.54, 1.807) is 30.0 Å². The average molecular weight is 546 g/mol. The molecule has 0 atom stereocenters. The summed E-state index contributed by atoms with van der Waals surface area (Å²) in [5.74, 6) is -0.846. The van der Waals surface area contributed by atoms with Gasteiger partial charge >= 0.3 is 0 Å². The highest BCUT2D eigenvalue weighted by Crippen LogP contribution is 2.27. The van der Waals surface area contributed by atoms with Crippen molar-refractivity contribution in [3.63, 3.8) is 0 Å². The zero-order valence-corrected chi connectivity index (χ0v) is 23.7. The maximum Gasteiger partial charge on any atom is 0.265 e. The fourth-order valence-electron chi connectivity index (χ4n) is 4.80. The zero-order valence-electron chi connectivity index (χ0n) is 22.9. The van der Waals surface area contributed by atoms with Gasteiger partial charge in [0.15, 0.2) is 0 Å². The molecule has 1 aliphatic heterocycles. The Kier molecular flexibility index (Phi) is 10.4. The predicted molar refractivity (Wildman–Crippen MR) is 148 cm³/mol. The van der Waals surface area contributed by atoms with Gasteiger partial charge < -0.3 is 4.90 Å². The van der Waals surface area contributed by atoms with Crippen LogP contribution in [0, 0.1) is 18.7 Å². The normalized spacial score (nSPS) is 15.9. The summed E-state index contributed by atoms with van der Waals surface area (Å²) in [5.41, 5.74) is 1.96. The number of rotatable bonds is 6. The number of hydrogen-bond donors (Lipinski definition) is 1. The first-order chi connectivity index (χ1) is 18.0. The highest BCUT2D eigenvalue weighted by molar-refractivity contribution is 7.90. The summed E-state index contributed by atoms with van der Waals surface area (Å²) in [7, 11) is -4.20. The number of carbonyl (C=O) groups excluding carboxylic acids is 2. The minimum absolute atomic E-state index is 0.0661. The molecule has 1 heterocycles. The Morgan fingerprint density at radius 3 is 2.34 bits per heavy atom. The Bertz CT molecular complexity index is 1250. The number of nitrogens with one attached hydrogen (secondary N) is 1. The molecule has 2 aromatic carbocycles. The summed E-state index contributed by atoms with van der Waals surface area (Å²) in [6, 6.07) is 8.31. The van der Waals surface area contributed by atoms with Gasteiger partial charge in [-0.15, -0.1) is 0 Å². The van der Waals surface area contributed by atoms with E-state index in [4.69, 9.17) is 0 Å². The van der Waals surface area contributed by atoms with Crippen LogP contribution in [0.1, 0.15) is 80.8 Å². The number of aryl methyl sites for hydroxylation is 1. The Morgan fingerprint density at radius 1 is 1.00 bits per heavy atom. The van der Waals surface area contributed by atoms with E-state index in [1.165, 1.54) is 6.92 Å². The molecule has 38 heavy (non-hydrogen) atoms. The van der Waals surface area contributed by atoms with Crippen LogP contribution in [0.25, 0.3) is 0 Å². The molecule has 0 fully saturated rings. The van der Waals surface area contributed by atoms with Crippen molar-refractivity contribution in [2.75, 3.05) is 24.5 Å². The van der Waals surface area contributed by atoms with Gasteiger partial charge in [0, 0.05) is 31.3 Å². The molecule has 0 bridgehead atoms. The molecule has 0 saturated carbocycles. The van der Waals surface area contributed by atoms with E-state index < -0.39 is 21.7 Å². The number of carbonyl (C=O) groups is 2. The molecule has 9 heteroatoms. The van der Waals surface area contributed by atoms with E-state index in [0.29, 0.717) is 19.0 Å². The van der Waals surface area contributed by atoms with E-state index in [0.717, 1.165) is 81.1 Å². The van der Waals surface area contributed by atoms with Crippen molar-refractivity contribution in [3.8, 4) is 0 Å². The first-order valence-corrected chi connectivity index (χ1v) is 14.9. The van der Waals surface area contributed by atoms with Crippen molar-refractivity contribution in [1.82, 2.24) is 9.62 Å². The third-order valence-electron chi connectivity index (χ3n) is 6.94. The summed E-state index contributed by atoms with van der Waals surface area (Å²) in [6.07, 6.45) is 6.33. The second kappa shape index (κ2) is 13.3. The highest BCUT2D eigenvalue weighted by Gasteiger charge is 2.24. The maximum atomic E-state index is 13.5. The van der Waals surface area contributed by atoms with Crippen molar-refractivity contribution in [3.05, 3.63) is 58.9 Å². The molecule has 0 aliphatic carbocycles. The molecular formula is C29H40FN3O4S. The second-order valence-electron chi connectivity index (χ2n) is 10.6. The predicted octanol–water partition coefficient (Wildman–Crippen LogP) is 5.42. The molecule has 2 amide bonds. The van der Waals surface area contributed by atoms with Crippen LogP contribution >= 0.6 is 0 Å². The molecule has 1 N–H and O–H groups in total. The number of nitrogens with zero attached hydrogens (tertiary/aromatic N) is 2. The van der Waals surface area contributed by atoms with Gasteiger partial charge in [-0.05, 0) is 92.7 Å². The molecule has 1 aliphatic rings. The number of halogens is 1. The fraction of sp³-hybridized carbons (Fsp3) is 0.517. The third-order valence-corrected chi connectivity index (χ3v) is 8.43. The Labute approximate surface area is 226 Å². The van der Waals surface area contributed by atoms with Crippen LogP contribution in [0.2, 0.25) is 0 Å². The van der Waals surface area contributed by atoms with E-state index in [2.05, 4.69) is 23.5 Å². The van der Waals surface area contributed by atoms with Gasteiger partial charge in [-0.25, -0.2) is 17.5 Å². The monoisotopic (exact) mass is 545 g/mol. The Morgan fingerprint density at radius 2 is 1.68 bits per heavy atom. The van der Waals surface area contributed by atoms with E-state index in [9.17, 15) is 22.4 Å². The number of hydrogen-bond acceptors (Lipinski definition) is 5. The lowest BCUT2D eigenvalue weighted by atomic mass is 10.0. The molecule has 0 radical (unpaired) electrons. The SMILES string of the molecule is CC(=O)N1CCCCCCCN(CCC(C)C)Cc2cc(C(=O)NS(=O)(=O)c3ccc(F)cc3C)ccc21. The number of amides is 2. The van der Waals surface area contributed by atoms with E-state index >= 15 is 0 Å². The summed E-state index contributed by atoms with van der Waals surface area (Å²) < 4.78 is 41.5. The molecule has 0 aromatic heterocycles. The molecule has 0 saturated heterocycles. The first-order valence-electron chi connectivity index (χ1n) is 13.4. The quantitative estimate of drug-likeness (QED) is 0.524. The summed E-state index contributed by atoms with van der Waals surface area (Å²) in [5, 5.41) is 0. The zero-order chi connectivity index (χ0) is 27.9. The molecule has 0 spiro atoms. The molecule has 3 rings (SSSR count). The van der Waals surface area contributed by atoms with Gasteiger partial charge in [0.25, 0.3) is 15.9 Å². The van der Waals surface area contributed by atoms with Crippen LogP contribution in [-0.4, -0.2) is 44.8 Å². The molecule has 0 unspecified atom stereocenters. The lowest BCUT2D eigenvalue weighted by Gasteiger charge is -2.29. The highest BCUT2D eigenvalue weighted by atomic mass is 32.2. The van der Waals surface area contributed by atoms with Gasteiger partial charge in [0.1, 0.15) is 5.82 Å². The maximum absolute atomic E-state index is 13.5. The minimum Gasteiger partial charge on any atom is -0.312 e. The van der Waals surface area contributed by atoms with Crippen molar-refractivity contribution in [2.24, 2.45) is 5.92 Å². The van der Waals surface area contributed by atoms with Crippen molar-refractivity contribution < 1.29 is 22.4 Å². The van der Waals surface area contributed by atoms with Crippen LogP contribution in [0.15, 0.2) is 41.3 Å². The molecule has 2 aromatic rings. The Balaban J connectivity index is 1.96. The lowest BCUT2D eigenvalue weighted by molar-refractivity contribution is -0.116. The second-order valence-corrected chi connectivity index (χ2v) is 12.2. The fourth-order valence-corrected chi connectivity index (χ4v) is 6.00. The van der Waals surface area contributed by atoms with Gasteiger partial charge in [-0.1, -0.05) is 33.1 Å². The van der Waals surface area contributed by atoms with Gasteiger partial charge in [0.2, 0.25) is 5.91 Å². The minimum atomic E-state index is -4.20. The van der Waals surface area contributed by atoms with Crippen LogP contribution in [0.4, 0.5) is 10.1 Å². The van der Waals surface area contributed by atoms with Crippen molar-refractivity contribution in [1.29, 1.82) is 0 Å². The Hall–Kier alpha value is -2.78. The summed E-state index contributed by atoms with van der Waals surface area (Å²) in [6.45, 7) is 10.4. The lowest BCUT2D eigenvalue weighted by Crippen LogP contribution is -2.34. The third kappa shape index (κ3) is 8.11.